The van der Waals surface area contributed by atoms with Crippen molar-refractivity contribution in [1.29, 1.82) is 0 Å². The Morgan fingerprint density at radius 1 is 1.12 bits per heavy atom. The molecule has 1 aliphatic rings. The number of halogens is 2. The van der Waals surface area contributed by atoms with E-state index >= 15 is 0 Å². The molecule has 0 N–H and O–H groups in total. The van der Waals surface area contributed by atoms with E-state index in [1.165, 1.54) is 36.8 Å². The normalized spacial score (nSPS) is 14.4. The van der Waals surface area contributed by atoms with E-state index in [1.807, 2.05) is 12.1 Å². The summed E-state index contributed by atoms with van der Waals surface area (Å²) in [7, 11) is 0. The Morgan fingerprint density at radius 3 is 2.71 bits per heavy atom. The van der Waals surface area contributed by atoms with Gasteiger partial charge in [-0.25, -0.2) is 0 Å². The van der Waals surface area contributed by atoms with Crippen molar-refractivity contribution in [2.75, 3.05) is 0 Å². The summed E-state index contributed by atoms with van der Waals surface area (Å²) in [4.78, 5) is 0. The Hall–Kier alpha value is -0.460. The molecule has 0 amide bonds. The number of rotatable bonds is 4. The van der Waals surface area contributed by atoms with Crippen LogP contribution in [0.5, 0.6) is 0 Å². The fourth-order valence-corrected chi connectivity index (χ4v) is 3.00. The number of fused-ring (bicyclic) bond motifs is 1. The minimum absolute atomic E-state index is 0.736. The predicted molar refractivity (Wildman–Crippen MR) is 76.9 cm³/mol. The molecular weight excluding hydrogens is 251 g/mol. The molecule has 0 bridgehead atoms. The molecule has 1 aromatic rings. The van der Waals surface area contributed by atoms with Crippen LogP contribution in [0.4, 0.5) is 0 Å². The van der Waals surface area contributed by atoms with Crippen LogP contribution >= 0.6 is 23.2 Å². The molecule has 0 unspecified atom stereocenters. The van der Waals surface area contributed by atoms with E-state index in [1.54, 1.807) is 5.57 Å². The Labute approximate surface area is 114 Å². The number of hydrogen-bond acceptors (Lipinski definition) is 0. The van der Waals surface area contributed by atoms with Gasteiger partial charge in [0.1, 0.15) is 0 Å². The molecule has 0 spiro atoms. The Morgan fingerprint density at radius 2 is 1.94 bits per heavy atom. The summed E-state index contributed by atoms with van der Waals surface area (Å²) < 4.78 is 0. The van der Waals surface area contributed by atoms with Gasteiger partial charge in [-0.15, -0.1) is 0 Å². The Bertz CT molecular complexity index is 433. The lowest BCUT2D eigenvalue weighted by molar-refractivity contribution is 0.694. The van der Waals surface area contributed by atoms with E-state index in [0.717, 1.165) is 22.9 Å². The topological polar surface area (TPSA) is 0 Å². The third-order valence-corrected chi connectivity index (χ3v) is 3.91. The molecule has 0 aliphatic heterocycles. The first-order valence-electron chi connectivity index (χ1n) is 6.38. The minimum Gasteiger partial charge on any atom is -0.0843 e. The maximum atomic E-state index is 6.21. The molecule has 1 aromatic carbocycles. The van der Waals surface area contributed by atoms with Gasteiger partial charge in [0.15, 0.2) is 0 Å². The molecule has 17 heavy (non-hydrogen) atoms. The van der Waals surface area contributed by atoms with Gasteiger partial charge in [0, 0.05) is 10.0 Å². The zero-order chi connectivity index (χ0) is 12.3. The van der Waals surface area contributed by atoms with E-state index in [0.29, 0.717) is 0 Å². The molecule has 0 saturated carbocycles. The van der Waals surface area contributed by atoms with E-state index in [2.05, 4.69) is 13.0 Å². The average molecular weight is 269 g/mol. The summed E-state index contributed by atoms with van der Waals surface area (Å²) in [6.45, 7) is 2.24. The van der Waals surface area contributed by atoms with Gasteiger partial charge in [-0.1, -0.05) is 54.6 Å². The van der Waals surface area contributed by atoms with Crippen LogP contribution in [0.3, 0.4) is 0 Å². The van der Waals surface area contributed by atoms with Crippen molar-refractivity contribution >= 4 is 29.3 Å². The molecule has 0 radical (unpaired) electrons. The smallest absolute Gasteiger partial charge is 0.0458 e. The monoisotopic (exact) mass is 268 g/mol. The fourth-order valence-electron chi connectivity index (χ4n) is 2.39. The second kappa shape index (κ2) is 5.93. The molecule has 0 saturated heterocycles. The third kappa shape index (κ3) is 3.26. The van der Waals surface area contributed by atoms with Crippen LogP contribution < -0.4 is 0 Å². The van der Waals surface area contributed by atoms with Gasteiger partial charge in [0.25, 0.3) is 0 Å². The van der Waals surface area contributed by atoms with Crippen molar-refractivity contribution in [2.45, 2.75) is 45.4 Å². The van der Waals surface area contributed by atoms with Crippen LogP contribution in [0.15, 0.2) is 17.7 Å². The summed E-state index contributed by atoms with van der Waals surface area (Å²) in [5.74, 6) is 0. The quantitative estimate of drug-likeness (QED) is 0.596. The van der Waals surface area contributed by atoms with Crippen LogP contribution in [0, 0.1) is 0 Å². The second-order valence-electron chi connectivity index (χ2n) is 4.72. The molecule has 0 nitrogen and oxygen atoms in total. The lowest BCUT2D eigenvalue weighted by atomic mass is 9.90. The zero-order valence-electron chi connectivity index (χ0n) is 10.2. The summed E-state index contributed by atoms with van der Waals surface area (Å²) in [6.07, 6.45) is 9.61. The van der Waals surface area contributed by atoms with Crippen LogP contribution in [-0.2, 0) is 6.42 Å². The van der Waals surface area contributed by atoms with E-state index in [-0.39, 0.29) is 0 Å². The minimum atomic E-state index is 0.736. The molecule has 92 valence electrons. The van der Waals surface area contributed by atoms with E-state index < -0.39 is 0 Å². The summed E-state index contributed by atoms with van der Waals surface area (Å²) in [5.41, 5.74) is 4.03. The van der Waals surface area contributed by atoms with Crippen LogP contribution in [0.2, 0.25) is 10.0 Å². The van der Waals surface area contributed by atoms with Gasteiger partial charge in [0.2, 0.25) is 0 Å². The molecule has 0 heterocycles. The first kappa shape index (κ1) is 13.0. The van der Waals surface area contributed by atoms with Crippen LogP contribution in [-0.4, -0.2) is 0 Å². The third-order valence-electron chi connectivity index (χ3n) is 3.35. The molecular formula is C15H18Cl2. The summed E-state index contributed by atoms with van der Waals surface area (Å²) >= 11 is 12.3. The lowest BCUT2D eigenvalue weighted by Crippen LogP contribution is -2.00. The number of benzene rings is 1. The van der Waals surface area contributed by atoms with Crippen LogP contribution in [0.1, 0.15) is 50.2 Å². The Balaban J connectivity index is 2.16. The first-order valence-corrected chi connectivity index (χ1v) is 7.13. The highest BCUT2D eigenvalue weighted by Gasteiger charge is 2.13. The van der Waals surface area contributed by atoms with E-state index in [9.17, 15) is 0 Å². The van der Waals surface area contributed by atoms with Crippen molar-refractivity contribution in [3.63, 3.8) is 0 Å². The van der Waals surface area contributed by atoms with Crippen molar-refractivity contribution in [3.8, 4) is 0 Å². The molecule has 0 atom stereocenters. The SMILES string of the molecule is CCCCCC1=Cc2cc(Cl)cc(Cl)c2CC1. The molecule has 0 fully saturated rings. The number of allylic oxidation sites excluding steroid dienone is 1. The summed E-state index contributed by atoms with van der Waals surface area (Å²) in [6, 6.07) is 3.87. The highest BCUT2D eigenvalue weighted by molar-refractivity contribution is 6.35. The highest BCUT2D eigenvalue weighted by atomic mass is 35.5. The maximum absolute atomic E-state index is 6.21. The van der Waals surface area contributed by atoms with Gasteiger partial charge in [0.05, 0.1) is 0 Å². The summed E-state index contributed by atoms with van der Waals surface area (Å²) in [5, 5.41) is 1.55. The van der Waals surface area contributed by atoms with Crippen LogP contribution in [0.25, 0.3) is 6.08 Å². The second-order valence-corrected chi connectivity index (χ2v) is 5.56. The zero-order valence-corrected chi connectivity index (χ0v) is 11.7. The predicted octanol–water partition coefficient (Wildman–Crippen LogP) is 5.90. The molecule has 0 aromatic heterocycles. The lowest BCUT2D eigenvalue weighted by Gasteiger charge is -2.18. The Kier molecular flexibility index (Phi) is 4.53. The largest absolute Gasteiger partial charge is 0.0843 e. The van der Waals surface area contributed by atoms with Gasteiger partial charge in [-0.05, 0) is 48.9 Å². The van der Waals surface area contributed by atoms with Crippen molar-refractivity contribution in [3.05, 3.63) is 38.9 Å². The fraction of sp³-hybridized carbons (Fsp3) is 0.467. The van der Waals surface area contributed by atoms with Gasteiger partial charge < -0.3 is 0 Å². The van der Waals surface area contributed by atoms with Crippen molar-refractivity contribution < 1.29 is 0 Å². The van der Waals surface area contributed by atoms with Crippen molar-refractivity contribution in [1.82, 2.24) is 0 Å². The number of hydrogen-bond donors (Lipinski definition) is 0. The standard InChI is InChI=1S/C15H18Cl2/c1-2-3-4-5-11-6-7-14-12(8-11)9-13(16)10-15(14)17/h8-10H,2-7H2,1H3. The van der Waals surface area contributed by atoms with Gasteiger partial charge in [-0.2, -0.15) is 0 Å². The highest BCUT2D eigenvalue weighted by Crippen LogP contribution is 2.33. The van der Waals surface area contributed by atoms with E-state index in [4.69, 9.17) is 23.2 Å². The first-order chi connectivity index (χ1) is 8.20. The molecule has 2 heteroatoms. The van der Waals surface area contributed by atoms with Gasteiger partial charge in [-0.3, -0.25) is 0 Å². The average Bonchev–Trinajstić information content (AvgIpc) is 2.28. The van der Waals surface area contributed by atoms with Gasteiger partial charge >= 0.3 is 0 Å². The number of unbranched alkanes of at least 4 members (excludes halogenated alkanes) is 2. The molecule has 2 rings (SSSR count). The maximum Gasteiger partial charge on any atom is 0.0458 e. The van der Waals surface area contributed by atoms with Crippen molar-refractivity contribution in [2.24, 2.45) is 0 Å². The molecule has 1 aliphatic carbocycles.